The minimum absolute atomic E-state index is 0.0873. The topological polar surface area (TPSA) is 41.1 Å². The number of carbonyl (C=O) groups is 1. The van der Waals surface area contributed by atoms with Gasteiger partial charge in [-0.15, -0.1) is 0 Å². The summed E-state index contributed by atoms with van der Waals surface area (Å²) in [4.78, 5) is 11.6. The molecule has 0 unspecified atom stereocenters. The molecule has 0 saturated carbocycles. The number of carbonyl (C=O) groups excluding carboxylic acids is 1. The average Bonchev–Trinajstić information content (AvgIpc) is 2.37. The zero-order valence-electron chi connectivity index (χ0n) is 11.0. The molecule has 0 aliphatic heterocycles. The van der Waals surface area contributed by atoms with Crippen LogP contribution in [0.2, 0.25) is 0 Å². The zero-order chi connectivity index (χ0) is 14.1. The molecule has 0 bridgehead atoms. The number of hydrogen-bond donors (Lipinski definition) is 2. The number of nitrogens with one attached hydrogen (secondary N) is 2. The molecule has 1 rings (SSSR count). The minimum atomic E-state index is -0.309. The summed E-state index contributed by atoms with van der Waals surface area (Å²) >= 11 is 5.01. The molecule has 19 heavy (non-hydrogen) atoms. The van der Waals surface area contributed by atoms with E-state index in [1.165, 1.54) is 12.1 Å². The van der Waals surface area contributed by atoms with Crippen molar-refractivity contribution >= 4 is 28.9 Å². The number of benzene rings is 1. The van der Waals surface area contributed by atoms with Crippen molar-refractivity contribution in [2.24, 2.45) is 0 Å². The van der Waals surface area contributed by atoms with E-state index in [0.717, 1.165) is 25.7 Å². The lowest BCUT2D eigenvalue weighted by molar-refractivity contribution is -0.119. The maximum atomic E-state index is 12.7. The molecule has 1 aromatic rings. The summed E-state index contributed by atoms with van der Waals surface area (Å²) in [5, 5.41) is 5.68. The van der Waals surface area contributed by atoms with Gasteiger partial charge in [0.1, 0.15) is 5.82 Å². The summed E-state index contributed by atoms with van der Waals surface area (Å²) in [6.07, 6.45) is 4.70. The van der Waals surface area contributed by atoms with Crippen LogP contribution in [-0.4, -0.2) is 11.0 Å². The molecule has 0 heterocycles. The highest BCUT2D eigenvalue weighted by molar-refractivity contribution is 7.80. The summed E-state index contributed by atoms with van der Waals surface area (Å²) in [7, 11) is 0. The highest BCUT2D eigenvalue weighted by Crippen LogP contribution is 2.08. The van der Waals surface area contributed by atoms with Crippen LogP contribution in [0.5, 0.6) is 0 Å². The number of rotatable bonds is 6. The van der Waals surface area contributed by atoms with Gasteiger partial charge in [-0.1, -0.05) is 26.2 Å². The maximum Gasteiger partial charge on any atom is 0.226 e. The van der Waals surface area contributed by atoms with Crippen molar-refractivity contribution < 1.29 is 9.18 Å². The third-order valence-electron chi connectivity index (χ3n) is 2.61. The molecule has 104 valence electrons. The summed E-state index contributed by atoms with van der Waals surface area (Å²) in [6.45, 7) is 2.13. The van der Waals surface area contributed by atoms with Gasteiger partial charge in [-0.25, -0.2) is 4.39 Å². The largest absolute Gasteiger partial charge is 0.332 e. The van der Waals surface area contributed by atoms with Gasteiger partial charge in [-0.2, -0.15) is 0 Å². The third kappa shape index (κ3) is 6.86. The number of amides is 1. The van der Waals surface area contributed by atoms with E-state index in [-0.39, 0.29) is 16.8 Å². The van der Waals surface area contributed by atoms with E-state index >= 15 is 0 Å². The van der Waals surface area contributed by atoms with Crippen LogP contribution in [0.4, 0.5) is 10.1 Å². The fourth-order valence-electron chi connectivity index (χ4n) is 1.60. The van der Waals surface area contributed by atoms with E-state index < -0.39 is 0 Å². The smallest absolute Gasteiger partial charge is 0.226 e. The zero-order valence-corrected chi connectivity index (χ0v) is 11.9. The third-order valence-corrected chi connectivity index (χ3v) is 2.82. The summed E-state index contributed by atoms with van der Waals surface area (Å²) < 4.78 is 12.7. The first kappa shape index (κ1) is 15.6. The van der Waals surface area contributed by atoms with E-state index in [9.17, 15) is 9.18 Å². The molecule has 1 aromatic carbocycles. The Bertz CT molecular complexity index is 420. The lowest BCUT2D eigenvalue weighted by Gasteiger charge is -2.09. The van der Waals surface area contributed by atoms with E-state index in [2.05, 4.69) is 17.6 Å². The Hall–Kier alpha value is -1.49. The van der Waals surface area contributed by atoms with Gasteiger partial charge >= 0.3 is 0 Å². The van der Waals surface area contributed by atoms with Gasteiger partial charge < -0.3 is 10.6 Å². The molecule has 0 aliphatic rings. The van der Waals surface area contributed by atoms with Crippen molar-refractivity contribution in [3.05, 3.63) is 30.1 Å². The molecule has 0 radical (unpaired) electrons. The van der Waals surface area contributed by atoms with E-state index in [1.807, 2.05) is 0 Å². The number of anilines is 1. The Morgan fingerprint density at radius 3 is 2.53 bits per heavy atom. The van der Waals surface area contributed by atoms with E-state index in [1.54, 1.807) is 12.1 Å². The van der Waals surface area contributed by atoms with Crippen LogP contribution in [0.1, 0.15) is 39.0 Å². The van der Waals surface area contributed by atoms with Crippen LogP contribution in [0.3, 0.4) is 0 Å². The molecular weight excluding hydrogens is 263 g/mol. The van der Waals surface area contributed by atoms with Gasteiger partial charge in [0, 0.05) is 12.1 Å². The number of hydrogen-bond acceptors (Lipinski definition) is 2. The van der Waals surface area contributed by atoms with Gasteiger partial charge in [0.05, 0.1) is 0 Å². The molecule has 0 atom stereocenters. The lowest BCUT2D eigenvalue weighted by atomic mass is 10.1. The van der Waals surface area contributed by atoms with Crippen molar-refractivity contribution in [2.45, 2.75) is 39.0 Å². The molecule has 3 nitrogen and oxygen atoms in total. The number of unbranched alkanes of at least 4 members (excludes halogenated alkanes) is 3. The summed E-state index contributed by atoms with van der Waals surface area (Å²) in [6, 6.07) is 5.79. The Labute approximate surface area is 118 Å². The van der Waals surface area contributed by atoms with Crippen LogP contribution < -0.4 is 10.6 Å². The van der Waals surface area contributed by atoms with Gasteiger partial charge in [-0.3, -0.25) is 4.79 Å². The Balaban J connectivity index is 2.26. The van der Waals surface area contributed by atoms with Crippen molar-refractivity contribution in [2.75, 3.05) is 5.32 Å². The highest BCUT2D eigenvalue weighted by Gasteiger charge is 2.04. The molecule has 0 aromatic heterocycles. The SMILES string of the molecule is CCCCCCC(=O)NC(=S)Nc1ccc(F)cc1. The van der Waals surface area contributed by atoms with E-state index in [4.69, 9.17) is 12.2 Å². The molecule has 0 saturated heterocycles. The molecule has 0 spiro atoms. The van der Waals surface area contributed by atoms with Crippen molar-refractivity contribution in [1.29, 1.82) is 0 Å². The number of halogens is 1. The normalized spacial score (nSPS) is 10.0. The quantitative estimate of drug-likeness (QED) is 0.618. The average molecular weight is 282 g/mol. The number of thiocarbonyl (C=S) groups is 1. The predicted molar refractivity (Wildman–Crippen MR) is 79.5 cm³/mol. The Morgan fingerprint density at radius 2 is 1.89 bits per heavy atom. The van der Waals surface area contributed by atoms with Gasteiger partial charge in [0.2, 0.25) is 5.91 Å². The van der Waals surface area contributed by atoms with Crippen LogP contribution in [-0.2, 0) is 4.79 Å². The Kier molecular flexibility index (Phi) is 7.03. The highest BCUT2D eigenvalue weighted by atomic mass is 32.1. The van der Waals surface area contributed by atoms with Crippen molar-refractivity contribution in [3.8, 4) is 0 Å². The standard InChI is InChI=1S/C14H19FN2OS/c1-2-3-4-5-6-13(18)17-14(19)16-12-9-7-11(15)8-10-12/h7-10H,2-6H2,1H3,(H2,16,17,18,19). The van der Waals surface area contributed by atoms with Crippen LogP contribution in [0.25, 0.3) is 0 Å². The monoisotopic (exact) mass is 282 g/mol. The van der Waals surface area contributed by atoms with Gasteiger partial charge in [-0.05, 0) is 42.9 Å². The van der Waals surface area contributed by atoms with Gasteiger partial charge in [0.25, 0.3) is 0 Å². The fraction of sp³-hybridized carbons (Fsp3) is 0.429. The lowest BCUT2D eigenvalue weighted by Crippen LogP contribution is -2.33. The Morgan fingerprint density at radius 1 is 1.21 bits per heavy atom. The first-order chi connectivity index (χ1) is 9.11. The fourth-order valence-corrected chi connectivity index (χ4v) is 1.83. The summed E-state index contributed by atoms with van der Waals surface area (Å²) in [5.41, 5.74) is 0.651. The van der Waals surface area contributed by atoms with Crippen molar-refractivity contribution in [1.82, 2.24) is 5.32 Å². The molecular formula is C14H19FN2OS. The van der Waals surface area contributed by atoms with Crippen LogP contribution in [0, 0.1) is 5.82 Å². The van der Waals surface area contributed by atoms with Crippen molar-refractivity contribution in [3.63, 3.8) is 0 Å². The second-order valence-electron chi connectivity index (χ2n) is 4.32. The molecule has 0 aliphatic carbocycles. The maximum absolute atomic E-state index is 12.7. The molecule has 5 heteroatoms. The second-order valence-corrected chi connectivity index (χ2v) is 4.73. The van der Waals surface area contributed by atoms with E-state index in [0.29, 0.717) is 12.1 Å². The van der Waals surface area contributed by atoms with Crippen LogP contribution >= 0.6 is 12.2 Å². The molecule has 2 N–H and O–H groups in total. The minimum Gasteiger partial charge on any atom is -0.332 e. The molecule has 1 amide bonds. The van der Waals surface area contributed by atoms with Gasteiger partial charge in [0.15, 0.2) is 5.11 Å². The van der Waals surface area contributed by atoms with Crippen LogP contribution in [0.15, 0.2) is 24.3 Å². The second kappa shape index (κ2) is 8.58. The first-order valence-corrected chi connectivity index (χ1v) is 6.89. The first-order valence-electron chi connectivity index (χ1n) is 6.48. The summed E-state index contributed by atoms with van der Waals surface area (Å²) in [5.74, 6) is -0.396. The predicted octanol–water partition coefficient (Wildman–Crippen LogP) is 3.61. The molecule has 0 fully saturated rings.